The van der Waals surface area contributed by atoms with Crippen LogP contribution < -0.4 is 10.2 Å². The Bertz CT molecular complexity index is 1440. The van der Waals surface area contributed by atoms with Crippen molar-refractivity contribution in [1.29, 1.82) is 0 Å². The van der Waals surface area contributed by atoms with Crippen LogP contribution in [-0.4, -0.2) is 78.1 Å². The van der Waals surface area contributed by atoms with E-state index in [1.807, 2.05) is 31.2 Å². The molecule has 1 aliphatic heterocycles. The molecule has 1 atom stereocenters. The molecule has 4 aromatic rings. The summed E-state index contributed by atoms with van der Waals surface area (Å²) in [5, 5.41) is 17.5. The molecule has 3 heterocycles. The molecule has 188 valence electrons. The van der Waals surface area contributed by atoms with Gasteiger partial charge in [-0.15, -0.1) is 5.10 Å². The third-order valence-electron chi connectivity index (χ3n) is 6.36. The van der Waals surface area contributed by atoms with E-state index in [4.69, 9.17) is 0 Å². The summed E-state index contributed by atoms with van der Waals surface area (Å²) in [6.45, 7) is 6.29. The smallest absolute Gasteiger partial charge is 0.245 e. The van der Waals surface area contributed by atoms with Crippen LogP contribution in [0.4, 0.5) is 17.3 Å². The van der Waals surface area contributed by atoms with Crippen molar-refractivity contribution in [2.75, 3.05) is 49.2 Å². The summed E-state index contributed by atoms with van der Waals surface area (Å²) in [5.74, 6) is 0.465. The lowest BCUT2D eigenvalue weighted by atomic mass is 10.2. The van der Waals surface area contributed by atoms with Crippen molar-refractivity contribution < 1.29 is 13.5 Å². The van der Waals surface area contributed by atoms with Gasteiger partial charge in [-0.05, 0) is 55.5 Å². The van der Waals surface area contributed by atoms with Crippen LogP contribution in [0.2, 0.25) is 0 Å². The molecule has 0 spiro atoms. The van der Waals surface area contributed by atoms with Gasteiger partial charge in [-0.3, -0.25) is 4.90 Å². The second-order valence-electron chi connectivity index (χ2n) is 9.24. The maximum Gasteiger partial charge on any atom is 0.245 e. The molecule has 1 fully saturated rings. The molecule has 9 nitrogen and oxygen atoms in total. The van der Waals surface area contributed by atoms with Crippen molar-refractivity contribution in [2.45, 2.75) is 17.9 Å². The first-order valence-corrected chi connectivity index (χ1v) is 13.8. The predicted molar refractivity (Wildman–Crippen MR) is 142 cm³/mol. The van der Waals surface area contributed by atoms with Crippen LogP contribution >= 0.6 is 0 Å². The fraction of sp³-hybridized carbons (Fsp3) is 0.308. The molecule has 5 rings (SSSR count). The highest BCUT2D eigenvalue weighted by Crippen LogP contribution is 2.25. The number of aliphatic hydroxyl groups excluding tert-OH is 1. The van der Waals surface area contributed by atoms with Gasteiger partial charge in [0.15, 0.2) is 9.84 Å². The molecule has 0 amide bonds. The molecule has 1 aliphatic rings. The van der Waals surface area contributed by atoms with E-state index in [2.05, 4.69) is 37.3 Å². The van der Waals surface area contributed by atoms with Crippen LogP contribution in [0.1, 0.15) is 6.92 Å². The van der Waals surface area contributed by atoms with Gasteiger partial charge in [0.25, 0.3) is 0 Å². The number of sulfone groups is 1. The summed E-state index contributed by atoms with van der Waals surface area (Å²) < 4.78 is 25.3. The molecule has 1 saturated heterocycles. The van der Waals surface area contributed by atoms with E-state index in [-0.39, 0.29) is 11.0 Å². The minimum absolute atomic E-state index is 0.286. The van der Waals surface area contributed by atoms with Crippen molar-refractivity contribution in [3.05, 3.63) is 66.9 Å². The second-order valence-corrected chi connectivity index (χ2v) is 11.3. The third-order valence-corrected chi connectivity index (χ3v) is 7.49. The summed E-state index contributed by atoms with van der Waals surface area (Å²) in [7, 11) is -3.25. The zero-order chi connectivity index (χ0) is 25.3. The van der Waals surface area contributed by atoms with E-state index < -0.39 is 9.84 Å². The van der Waals surface area contributed by atoms with Gasteiger partial charge in [0, 0.05) is 55.9 Å². The maximum absolute atomic E-state index is 11.8. The number of benzene rings is 2. The van der Waals surface area contributed by atoms with Crippen molar-refractivity contribution >= 4 is 32.7 Å². The molecular formula is C26H30N6O3S. The molecule has 1 unspecified atom stereocenters. The molecule has 2 aromatic heterocycles. The van der Waals surface area contributed by atoms with Gasteiger partial charge in [-0.25, -0.2) is 17.9 Å². The number of aromatic nitrogens is 3. The van der Waals surface area contributed by atoms with E-state index in [0.717, 1.165) is 55.2 Å². The van der Waals surface area contributed by atoms with E-state index >= 15 is 0 Å². The number of rotatable bonds is 7. The highest BCUT2D eigenvalue weighted by Gasteiger charge is 2.18. The lowest BCUT2D eigenvalue weighted by Crippen LogP contribution is -2.48. The number of anilines is 3. The Morgan fingerprint density at radius 3 is 2.31 bits per heavy atom. The molecule has 0 aliphatic carbocycles. The Morgan fingerprint density at radius 2 is 1.67 bits per heavy atom. The van der Waals surface area contributed by atoms with E-state index in [1.54, 1.807) is 35.0 Å². The zero-order valence-electron chi connectivity index (χ0n) is 20.4. The number of hydrogen-bond acceptors (Lipinski definition) is 8. The summed E-state index contributed by atoms with van der Waals surface area (Å²) in [6.07, 6.45) is 2.66. The average Bonchev–Trinajstić information content (AvgIpc) is 3.28. The van der Waals surface area contributed by atoms with Crippen molar-refractivity contribution in [3.8, 4) is 11.3 Å². The molecule has 2 N–H and O–H groups in total. The largest absolute Gasteiger partial charge is 0.392 e. The first kappa shape index (κ1) is 24.2. The number of nitrogens with zero attached hydrogens (tertiary/aromatic N) is 5. The van der Waals surface area contributed by atoms with Gasteiger partial charge in [0.05, 0.1) is 28.4 Å². The van der Waals surface area contributed by atoms with Gasteiger partial charge in [-0.2, -0.15) is 0 Å². The number of β-amino-alcohol motifs (C(OH)–C–C–N with tert-alkyl or cyclic N) is 1. The van der Waals surface area contributed by atoms with Gasteiger partial charge in [0.1, 0.15) is 0 Å². The number of nitrogens with one attached hydrogen (secondary N) is 1. The van der Waals surface area contributed by atoms with Gasteiger partial charge in [-0.1, -0.05) is 12.1 Å². The molecule has 36 heavy (non-hydrogen) atoms. The first-order valence-electron chi connectivity index (χ1n) is 11.9. The minimum atomic E-state index is -3.25. The molecular weight excluding hydrogens is 476 g/mol. The summed E-state index contributed by atoms with van der Waals surface area (Å²) in [4.78, 5) is 9.37. The molecule has 10 heteroatoms. The van der Waals surface area contributed by atoms with E-state index in [0.29, 0.717) is 5.95 Å². The molecule has 0 radical (unpaired) electrons. The predicted octanol–water partition coefficient (Wildman–Crippen LogP) is 3.05. The normalized spacial score (nSPS) is 15.8. The summed E-state index contributed by atoms with van der Waals surface area (Å²) >= 11 is 0. The van der Waals surface area contributed by atoms with Crippen LogP contribution in [-0.2, 0) is 9.84 Å². The van der Waals surface area contributed by atoms with Gasteiger partial charge < -0.3 is 15.3 Å². The quantitative estimate of drug-likeness (QED) is 0.394. The average molecular weight is 507 g/mol. The van der Waals surface area contributed by atoms with Crippen LogP contribution in [0.5, 0.6) is 0 Å². The van der Waals surface area contributed by atoms with Crippen molar-refractivity contribution in [1.82, 2.24) is 19.5 Å². The third kappa shape index (κ3) is 5.35. The van der Waals surface area contributed by atoms with Gasteiger partial charge in [0.2, 0.25) is 5.95 Å². The minimum Gasteiger partial charge on any atom is -0.392 e. The SMILES string of the molecule is CC(O)CN1CCN(c2ccc(Nc3ncc4ccc(-c5ccc(S(C)(=O)=O)cc5)n4n3)cc2)CC1. The highest BCUT2D eigenvalue weighted by molar-refractivity contribution is 7.90. The Hall–Kier alpha value is -3.47. The summed E-state index contributed by atoms with van der Waals surface area (Å²) in [5.41, 5.74) is 4.61. The zero-order valence-corrected chi connectivity index (χ0v) is 21.2. The number of fused-ring (bicyclic) bond motifs is 1. The Kier molecular flexibility index (Phi) is 6.65. The Labute approximate surface area is 210 Å². The Morgan fingerprint density at radius 1 is 0.972 bits per heavy atom. The van der Waals surface area contributed by atoms with E-state index in [1.165, 1.54) is 11.9 Å². The van der Waals surface area contributed by atoms with Gasteiger partial charge >= 0.3 is 0 Å². The lowest BCUT2D eigenvalue weighted by molar-refractivity contribution is 0.123. The topological polar surface area (TPSA) is 103 Å². The van der Waals surface area contributed by atoms with Crippen LogP contribution in [0.25, 0.3) is 16.8 Å². The molecule has 0 saturated carbocycles. The fourth-order valence-corrected chi connectivity index (χ4v) is 5.13. The monoisotopic (exact) mass is 506 g/mol. The fourth-order valence-electron chi connectivity index (χ4n) is 4.50. The number of aliphatic hydroxyl groups is 1. The highest BCUT2D eigenvalue weighted by atomic mass is 32.2. The standard InChI is InChI=1S/C26H30N6O3S/c1-19(33)18-30-13-15-31(16-14-30)22-7-5-21(6-8-22)28-26-27-17-23-9-12-25(32(23)29-26)20-3-10-24(11-4-20)36(2,34)35/h3-12,17,19,33H,13-16,18H2,1-2H3,(H,28,29). The number of hydrogen-bond donors (Lipinski definition) is 2. The molecule has 0 bridgehead atoms. The maximum atomic E-state index is 11.8. The van der Waals surface area contributed by atoms with E-state index in [9.17, 15) is 13.5 Å². The van der Waals surface area contributed by atoms with Crippen LogP contribution in [0.15, 0.2) is 71.8 Å². The second kappa shape index (κ2) is 9.88. The van der Waals surface area contributed by atoms with Crippen molar-refractivity contribution in [3.63, 3.8) is 0 Å². The van der Waals surface area contributed by atoms with Crippen LogP contribution in [0, 0.1) is 0 Å². The lowest BCUT2D eigenvalue weighted by Gasteiger charge is -2.36. The number of piperazine rings is 1. The van der Waals surface area contributed by atoms with Crippen molar-refractivity contribution in [2.24, 2.45) is 0 Å². The molecule has 2 aromatic carbocycles. The summed E-state index contributed by atoms with van der Waals surface area (Å²) in [6, 6.07) is 18.9. The Balaban J connectivity index is 1.29. The van der Waals surface area contributed by atoms with Crippen LogP contribution in [0.3, 0.4) is 0 Å². The first-order chi connectivity index (χ1) is 17.3.